The Morgan fingerprint density at radius 2 is 2.00 bits per heavy atom. The van der Waals surface area contributed by atoms with Crippen molar-refractivity contribution >= 4 is 17.0 Å². The maximum Gasteiger partial charge on any atom is 0.165 e. The van der Waals surface area contributed by atoms with Gasteiger partial charge in [0.15, 0.2) is 23.0 Å². The number of benzene rings is 1. The number of nitrogens with two attached hydrogens (primary N) is 1. The van der Waals surface area contributed by atoms with Gasteiger partial charge in [0.05, 0.1) is 19.5 Å². The van der Waals surface area contributed by atoms with Crippen molar-refractivity contribution in [1.29, 1.82) is 0 Å². The summed E-state index contributed by atoms with van der Waals surface area (Å²) < 4.78 is 7.39. The minimum Gasteiger partial charge on any atom is -0.504 e. The first-order chi connectivity index (χ1) is 12.1. The molecule has 0 aliphatic heterocycles. The van der Waals surface area contributed by atoms with E-state index in [-0.39, 0.29) is 18.0 Å². The van der Waals surface area contributed by atoms with E-state index in [1.165, 1.54) is 12.4 Å². The summed E-state index contributed by atoms with van der Waals surface area (Å²) in [5.41, 5.74) is 7.34. The third-order valence-electron chi connectivity index (χ3n) is 3.93. The Hall–Kier alpha value is -3.03. The van der Waals surface area contributed by atoms with Gasteiger partial charge in [-0.1, -0.05) is 19.8 Å². The number of rotatable bonds is 7. The van der Waals surface area contributed by atoms with Crippen LogP contribution in [-0.2, 0) is 6.54 Å². The van der Waals surface area contributed by atoms with Gasteiger partial charge in [-0.15, -0.1) is 0 Å². The highest BCUT2D eigenvalue weighted by Crippen LogP contribution is 2.34. The molecular weight excluding hydrogens is 322 g/mol. The first-order valence-electron chi connectivity index (χ1n) is 8.19. The van der Waals surface area contributed by atoms with E-state index in [1.54, 1.807) is 17.0 Å². The molecule has 0 saturated carbocycles. The number of fused-ring (bicyclic) bond motifs is 1. The Balaban J connectivity index is 1.85. The molecule has 0 aliphatic carbocycles. The van der Waals surface area contributed by atoms with Gasteiger partial charge in [0.1, 0.15) is 17.6 Å². The molecule has 0 unspecified atom stereocenters. The van der Waals surface area contributed by atoms with Gasteiger partial charge >= 0.3 is 0 Å². The minimum absolute atomic E-state index is 0.190. The fourth-order valence-corrected chi connectivity index (χ4v) is 2.59. The molecule has 8 nitrogen and oxygen atoms in total. The average Bonchev–Trinajstić information content (AvgIpc) is 3.00. The van der Waals surface area contributed by atoms with Crippen LogP contribution in [0.4, 0.5) is 5.82 Å². The summed E-state index contributed by atoms with van der Waals surface area (Å²) in [6.45, 7) is 2.95. The minimum atomic E-state index is -0.221. The molecule has 0 amide bonds. The lowest BCUT2D eigenvalue weighted by Gasteiger charge is -2.12. The van der Waals surface area contributed by atoms with Gasteiger partial charge in [0, 0.05) is 11.6 Å². The zero-order valence-electron chi connectivity index (χ0n) is 14.0. The fraction of sp³-hybridized carbons (Fsp3) is 0.353. The van der Waals surface area contributed by atoms with Gasteiger partial charge in [0.2, 0.25) is 0 Å². The summed E-state index contributed by atoms with van der Waals surface area (Å²) in [7, 11) is 0. The van der Waals surface area contributed by atoms with Gasteiger partial charge in [0.25, 0.3) is 0 Å². The summed E-state index contributed by atoms with van der Waals surface area (Å²) in [6, 6.07) is 3.12. The Labute approximate surface area is 144 Å². The van der Waals surface area contributed by atoms with Crippen LogP contribution in [0.5, 0.6) is 17.2 Å². The number of ether oxygens (including phenoxy) is 1. The quantitative estimate of drug-likeness (QED) is 0.445. The molecule has 3 aromatic rings. The van der Waals surface area contributed by atoms with Crippen LogP contribution in [0.1, 0.15) is 31.7 Å². The average molecular weight is 343 g/mol. The molecule has 132 valence electrons. The number of phenols is 2. The fourth-order valence-electron chi connectivity index (χ4n) is 2.59. The van der Waals surface area contributed by atoms with Crippen molar-refractivity contribution in [2.45, 2.75) is 32.7 Å². The number of aromatic nitrogens is 4. The summed E-state index contributed by atoms with van der Waals surface area (Å²) in [5.74, 6) is 0.398. The van der Waals surface area contributed by atoms with Crippen LogP contribution >= 0.6 is 0 Å². The Morgan fingerprint density at radius 1 is 1.16 bits per heavy atom. The Kier molecular flexibility index (Phi) is 4.87. The number of phenolic OH excluding ortho intramolecular Hbond substituents is 2. The standard InChI is InChI=1S/C17H21N5O3/c1-2-3-4-5-25-12-6-11(15(24)13(23)7-12)8-22-10-21-14-16(18)19-9-20-17(14)22/h6-7,9-10,23-24H,2-5,8H2,1H3,(H2,18,19,20). The second-order valence-electron chi connectivity index (χ2n) is 5.81. The van der Waals surface area contributed by atoms with Crippen molar-refractivity contribution in [3.05, 3.63) is 30.4 Å². The zero-order valence-corrected chi connectivity index (χ0v) is 14.0. The predicted octanol–water partition coefficient (Wildman–Crippen LogP) is 2.44. The van der Waals surface area contributed by atoms with Crippen molar-refractivity contribution in [2.24, 2.45) is 0 Å². The van der Waals surface area contributed by atoms with Crippen molar-refractivity contribution in [2.75, 3.05) is 12.3 Å². The highest BCUT2D eigenvalue weighted by molar-refractivity contribution is 5.81. The van der Waals surface area contributed by atoms with Crippen LogP contribution in [-0.4, -0.2) is 36.3 Å². The third-order valence-corrected chi connectivity index (χ3v) is 3.93. The SMILES string of the molecule is CCCCCOc1cc(O)c(O)c(Cn2cnc3c(N)ncnc32)c1. The van der Waals surface area contributed by atoms with Crippen molar-refractivity contribution in [1.82, 2.24) is 19.5 Å². The van der Waals surface area contributed by atoms with E-state index in [4.69, 9.17) is 10.5 Å². The van der Waals surface area contributed by atoms with Gasteiger partial charge in [-0.3, -0.25) is 0 Å². The number of hydrogen-bond donors (Lipinski definition) is 3. The van der Waals surface area contributed by atoms with Crippen LogP contribution in [0.3, 0.4) is 0 Å². The molecule has 1 aromatic carbocycles. The molecule has 25 heavy (non-hydrogen) atoms. The van der Waals surface area contributed by atoms with E-state index in [2.05, 4.69) is 21.9 Å². The summed E-state index contributed by atoms with van der Waals surface area (Å²) in [5, 5.41) is 20.1. The van der Waals surface area contributed by atoms with Crippen LogP contribution in [0.15, 0.2) is 24.8 Å². The lowest BCUT2D eigenvalue weighted by molar-refractivity contribution is 0.302. The number of hydrogen-bond acceptors (Lipinski definition) is 7. The van der Waals surface area contributed by atoms with Crippen molar-refractivity contribution < 1.29 is 14.9 Å². The molecule has 0 spiro atoms. The Bertz CT molecular complexity index is 878. The molecule has 8 heteroatoms. The van der Waals surface area contributed by atoms with Crippen LogP contribution in [0.25, 0.3) is 11.2 Å². The molecular formula is C17H21N5O3. The van der Waals surface area contributed by atoms with E-state index in [9.17, 15) is 10.2 Å². The lowest BCUT2D eigenvalue weighted by atomic mass is 10.1. The first kappa shape index (κ1) is 16.8. The van der Waals surface area contributed by atoms with Crippen molar-refractivity contribution in [3.8, 4) is 17.2 Å². The zero-order chi connectivity index (χ0) is 17.8. The molecule has 0 fully saturated rings. The maximum absolute atomic E-state index is 10.2. The summed E-state index contributed by atoms with van der Waals surface area (Å²) >= 11 is 0. The van der Waals surface area contributed by atoms with Crippen LogP contribution in [0, 0.1) is 0 Å². The van der Waals surface area contributed by atoms with E-state index < -0.39 is 0 Å². The van der Waals surface area contributed by atoms with Gasteiger partial charge in [-0.2, -0.15) is 0 Å². The molecule has 0 radical (unpaired) electrons. The normalized spacial score (nSPS) is 11.1. The molecule has 4 N–H and O–H groups in total. The molecule has 0 bridgehead atoms. The second-order valence-corrected chi connectivity index (χ2v) is 5.81. The molecule has 0 aliphatic rings. The summed E-state index contributed by atoms with van der Waals surface area (Å²) in [4.78, 5) is 12.3. The van der Waals surface area contributed by atoms with E-state index >= 15 is 0 Å². The van der Waals surface area contributed by atoms with Crippen molar-refractivity contribution in [3.63, 3.8) is 0 Å². The van der Waals surface area contributed by atoms with E-state index in [0.29, 0.717) is 34.9 Å². The topological polar surface area (TPSA) is 119 Å². The molecule has 2 heterocycles. The maximum atomic E-state index is 10.2. The number of imidazole rings is 1. The predicted molar refractivity (Wildman–Crippen MR) is 93.6 cm³/mol. The number of nitrogens with zero attached hydrogens (tertiary/aromatic N) is 4. The Morgan fingerprint density at radius 3 is 2.80 bits per heavy atom. The number of aromatic hydroxyl groups is 2. The number of anilines is 1. The molecule has 0 atom stereocenters. The van der Waals surface area contributed by atoms with Gasteiger partial charge in [-0.25, -0.2) is 15.0 Å². The number of unbranched alkanes of at least 4 members (excludes halogenated alkanes) is 2. The second kappa shape index (κ2) is 7.25. The van der Waals surface area contributed by atoms with Gasteiger partial charge in [-0.05, 0) is 12.5 Å². The first-order valence-corrected chi connectivity index (χ1v) is 8.19. The smallest absolute Gasteiger partial charge is 0.165 e. The largest absolute Gasteiger partial charge is 0.504 e. The monoisotopic (exact) mass is 343 g/mol. The molecule has 2 aromatic heterocycles. The van der Waals surface area contributed by atoms with E-state index in [1.807, 2.05) is 0 Å². The summed E-state index contributed by atoms with van der Waals surface area (Å²) in [6.07, 6.45) is 6.06. The molecule has 0 saturated heterocycles. The highest BCUT2D eigenvalue weighted by Gasteiger charge is 2.14. The molecule has 3 rings (SSSR count). The van der Waals surface area contributed by atoms with Crippen LogP contribution in [0.2, 0.25) is 0 Å². The lowest BCUT2D eigenvalue weighted by Crippen LogP contribution is -2.02. The number of nitrogen functional groups attached to an aromatic ring is 1. The highest BCUT2D eigenvalue weighted by atomic mass is 16.5. The van der Waals surface area contributed by atoms with Crippen LogP contribution < -0.4 is 10.5 Å². The van der Waals surface area contributed by atoms with Gasteiger partial charge < -0.3 is 25.3 Å². The van der Waals surface area contributed by atoms with E-state index in [0.717, 1.165) is 19.3 Å². The third kappa shape index (κ3) is 3.57.